The third-order valence-corrected chi connectivity index (χ3v) is 3.90. The van der Waals surface area contributed by atoms with Crippen LogP contribution in [0.2, 0.25) is 0 Å². The molecule has 1 nitrogen and oxygen atoms in total. The highest BCUT2D eigenvalue weighted by molar-refractivity contribution is 8.15. The minimum Gasteiger partial charge on any atom is -0.291 e. The fourth-order valence-corrected chi connectivity index (χ4v) is 1.41. The molecule has 0 fully saturated rings. The lowest BCUT2D eigenvalue weighted by atomic mass is 10.1. The van der Waals surface area contributed by atoms with Gasteiger partial charge in [0.05, 0.1) is 5.54 Å². The van der Waals surface area contributed by atoms with Gasteiger partial charge in [-0.2, -0.15) is 10.5 Å². The standard InChI is InChI=1S/C11H23NS/c1-10(2,3)12-8-9-13(7)11(4,5)6/h8H,7,9H2,1-6H3. The predicted molar refractivity (Wildman–Crippen MR) is 67.6 cm³/mol. The zero-order chi connectivity index (χ0) is 10.7. The number of nitrogens with zero attached hydrogens (tertiary/aromatic N) is 1. The van der Waals surface area contributed by atoms with Crippen LogP contribution >= 0.6 is 10.5 Å². The molecule has 0 aromatic heterocycles. The lowest BCUT2D eigenvalue weighted by Gasteiger charge is -2.22. The highest BCUT2D eigenvalue weighted by atomic mass is 32.2. The van der Waals surface area contributed by atoms with Gasteiger partial charge in [-0.05, 0) is 20.8 Å². The molecule has 0 saturated heterocycles. The SMILES string of the molecule is C=S(CC=NC(C)(C)C)C(C)(C)C. The normalized spacial score (nSPS) is 16.5. The molecule has 0 rings (SSSR count). The van der Waals surface area contributed by atoms with Crippen LogP contribution < -0.4 is 0 Å². The Balaban J connectivity index is 4.06. The second kappa shape index (κ2) is 4.41. The molecule has 0 aromatic rings. The maximum Gasteiger partial charge on any atom is 0.0520 e. The van der Waals surface area contributed by atoms with Crippen LogP contribution in [-0.4, -0.2) is 28.1 Å². The average Bonchev–Trinajstić information content (AvgIpc) is 1.82. The molecule has 1 atom stereocenters. The summed E-state index contributed by atoms with van der Waals surface area (Å²) in [5.41, 5.74) is 0.0576. The highest BCUT2D eigenvalue weighted by Crippen LogP contribution is 2.28. The van der Waals surface area contributed by atoms with Crippen molar-refractivity contribution in [1.29, 1.82) is 0 Å². The largest absolute Gasteiger partial charge is 0.291 e. The van der Waals surface area contributed by atoms with Gasteiger partial charge >= 0.3 is 0 Å². The predicted octanol–water partition coefficient (Wildman–Crippen LogP) is 3.36. The molecule has 1 unspecified atom stereocenters. The monoisotopic (exact) mass is 201 g/mol. The molecule has 0 aliphatic heterocycles. The smallest absolute Gasteiger partial charge is 0.0520 e. The van der Waals surface area contributed by atoms with E-state index in [2.05, 4.69) is 52.4 Å². The second-order valence-electron chi connectivity index (χ2n) is 5.25. The lowest BCUT2D eigenvalue weighted by Crippen LogP contribution is -2.14. The number of hydrogen-bond donors (Lipinski definition) is 0. The Morgan fingerprint density at radius 2 is 1.62 bits per heavy atom. The first-order chi connectivity index (χ1) is 5.63. The highest BCUT2D eigenvalue weighted by Gasteiger charge is 2.12. The van der Waals surface area contributed by atoms with E-state index in [0.717, 1.165) is 5.75 Å². The first-order valence-electron chi connectivity index (χ1n) is 4.67. The van der Waals surface area contributed by atoms with E-state index in [4.69, 9.17) is 0 Å². The summed E-state index contributed by atoms with van der Waals surface area (Å²) in [6, 6.07) is 0. The molecule has 0 amide bonds. The Morgan fingerprint density at radius 3 is 1.92 bits per heavy atom. The van der Waals surface area contributed by atoms with Gasteiger partial charge in [-0.25, -0.2) is 0 Å². The fraction of sp³-hybridized carbons (Fsp3) is 0.818. The van der Waals surface area contributed by atoms with Crippen LogP contribution in [0.1, 0.15) is 41.5 Å². The van der Waals surface area contributed by atoms with Gasteiger partial charge in [0.15, 0.2) is 0 Å². The first-order valence-corrected chi connectivity index (χ1v) is 6.23. The van der Waals surface area contributed by atoms with Gasteiger partial charge in [0, 0.05) is 16.7 Å². The van der Waals surface area contributed by atoms with Gasteiger partial charge in [0.25, 0.3) is 0 Å². The Labute approximate surface area is 85.6 Å². The van der Waals surface area contributed by atoms with Gasteiger partial charge in [-0.1, -0.05) is 26.6 Å². The quantitative estimate of drug-likeness (QED) is 0.480. The van der Waals surface area contributed by atoms with Crippen molar-refractivity contribution < 1.29 is 0 Å². The van der Waals surface area contributed by atoms with Crippen LogP contribution in [0.3, 0.4) is 0 Å². The Morgan fingerprint density at radius 1 is 1.15 bits per heavy atom. The van der Waals surface area contributed by atoms with Crippen LogP contribution in [0.5, 0.6) is 0 Å². The van der Waals surface area contributed by atoms with Crippen molar-refractivity contribution in [3.8, 4) is 0 Å². The van der Waals surface area contributed by atoms with Crippen LogP contribution in [0.4, 0.5) is 0 Å². The minimum atomic E-state index is 0.0576. The molecule has 78 valence electrons. The van der Waals surface area contributed by atoms with Crippen molar-refractivity contribution in [3.05, 3.63) is 0 Å². The number of rotatable bonds is 2. The third-order valence-electron chi connectivity index (χ3n) is 1.62. The summed E-state index contributed by atoms with van der Waals surface area (Å²) in [4.78, 5) is 4.45. The van der Waals surface area contributed by atoms with Crippen molar-refractivity contribution >= 4 is 22.6 Å². The molecular formula is C11H23NS. The van der Waals surface area contributed by atoms with Crippen LogP contribution in [0.25, 0.3) is 0 Å². The molecule has 13 heavy (non-hydrogen) atoms. The van der Waals surface area contributed by atoms with E-state index in [9.17, 15) is 0 Å². The zero-order valence-electron chi connectivity index (χ0n) is 9.85. The Bertz CT molecular complexity index is 203. The van der Waals surface area contributed by atoms with Gasteiger partial charge in [0.1, 0.15) is 0 Å². The fourth-order valence-electron chi connectivity index (χ4n) is 0.651. The first kappa shape index (κ1) is 12.9. The molecule has 0 radical (unpaired) electrons. The molecular weight excluding hydrogens is 178 g/mol. The summed E-state index contributed by atoms with van der Waals surface area (Å²) in [5, 5.41) is 0. The molecule has 0 N–H and O–H groups in total. The van der Waals surface area contributed by atoms with Gasteiger partial charge in [-0.3, -0.25) is 4.99 Å². The zero-order valence-corrected chi connectivity index (χ0v) is 10.7. The summed E-state index contributed by atoms with van der Waals surface area (Å²) in [6.07, 6.45) is 2.03. The molecule has 0 spiro atoms. The Hall–Kier alpha value is -0.110. The van der Waals surface area contributed by atoms with Crippen molar-refractivity contribution in [1.82, 2.24) is 0 Å². The van der Waals surface area contributed by atoms with Crippen LogP contribution in [-0.2, 0) is 0 Å². The molecule has 2 heteroatoms. The van der Waals surface area contributed by atoms with Crippen molar-refractivity contribution in [2.75, 3.05) is 5.75 Å². The van der Waals surface area contributed by atoms with Crippen molar-refractivity contribution in [2.24, 2.45) is 4.99 Å². The summed E-state index contributed by atoms with van der Waals surface area (Å²) in [5.74, 6) is 5.17. The molecule has 0 heterocycles. The third kappa shape index (κ3) is 7.00. The van der Waals surface area contributed by atoms with Gasteiger partial charge < -0.3 is 0 Å². The van der Waals surface area contributed by atoms with E-state index in [0.29, 0.717) is 4.75 Å². The molecule has 0 aromatic carbocycles. The van der Waals surface area contributed by atoms with Gasteiger partial charge in [0.2, 0.25) is 0 Å². The summed E-state index contributed by atoms with van der Waals surface area (Å²) in [7, 11) is 0.179. The topological polar surface area (TPSA) is 12.4 Å². The second-order valence-corrected chi connectivity index (χ2v) is 7.80. The van der Waals surface area contributed by atoms with Crippen LogP contribution in [0, 0.1) is 0 Å². The van der Waals surface area contributed by atoms with E-state index in [1.807, 2.05) is 6.21 Å². The summed E-state index contributed by atoms with van der Waals surface area (Å²) in [6.45, 7) is 13.0. The Kier molecular flexibility index (Phi) is 4.37. The van der Waals surface area contributed by atoms with Gasteiger partial charge in [-0.15, -0.1) is 0 Å². The van der Waals surface area contributed by atoms with Crippen molar-refractivity contribution in [2.45, 2.75) is 51.8 Å². The molecule has 0 aliphatic rings. The minimum absolute atomic E-state index is 0.0576. The number of hydrogen-bond acceptors (Lipinski definition) is 1. The van der Waals surface area contributed by atoms with E-state index in [1.54, 1.807) is 0 Å². The molecule has 0 bridgehead atoms. The maximum absolute atomic E-state index is 4.45. The summed E-state index contributed by atoms with van der Waals surface area (Å²) >= 11 is 0. The molecule has 0 saturated carbocycles. The van der Waals surface area contributed by atoms with Crippen LogP contribution in [0.15, 0.2) is 4.99 Å². The van der Waals surface area contributed by atoms with E-state index < -0.39 is 0 Å². The van der Waals surface area contributed by atoms with Crippen molar-refractivity contribution in [3.63, 3.8) is 0 Å². The summed E-state index contributed by atoms with van der Waals surface area (Å²) < 4.78 is 0.309. The van der Waals surface area contributed by atoms with E-state index in [1.165, 1.54) is 0 Å². The lowest BCUT2D eigenvalue weighted by molar-refractivity contribution is 0.586. The van der Waals surface area contributed by atoms with E-state index >= 15 is 0 Å². The molecule has 0 aliphatic carbocycles. The van der Waals surface area contributed by atoms with E-state index in [-0.39, 0.29) is 16.0 Å². The average molecular weight is 201 g/mol. The number of aliphatic imine (C=N–C) groups is 1. The maximum atomic E-state index is 4.45.